The van der Waals surface area contributed by atoms with Crippen LogP contribution in [-0.4, -0.2) is 15.7 Å². The van der Waals surface area contributed by atoms with Crippen LogP contribution in [0.1, 0.15) is 12.5 Å². The first-order valence-electron chi connectivity index (χ1n) is 4.32. The molecule has 1 nitrogen and oxygen atoms in total. The first kappa shape index (κ1) is 10.4. The van der Waals surface area contributed by atoms with Crippen LogP contribution in [0.4, 0.5) is 4.39 Å². The van der Waals surface area contributed by atoms with E-state index >= 15 is 0 Å². The molecule has 0 aliphatic heterocycles. The highest BCUT2D eigenvalue weighted by Crippen LogP contribution is 2.07. The lowest BCUT2D eigenvalue weighted by Gasteiger charge is -2.01. The molecule has 1 atom stereocenters. The van der Waals surface area contributed by atoms with E-state index in [1.807, 2.05) is 6.92 Å². The number of hydrogen-bond donors (Lipinski definition) is 0. The molecule has 0 saturated heterocycles. The highest BCUT2D eigenvalue weighted by molar-refractivity contribution is 7.84. The van der Waals surface area contributed by atoms with E-state index in [1.165, 1.54) is 6.07 Å². The van der Waals surface area contributed by atoms with Crippen molar-refractivity contribution in [2.24, 2.45) is 0 Å². The third-order valence-corrected chi connectivity index (χ3v) is 3.18. The molecule has 0 aromatic heterocycles. The highest BCUT2D eigenvalue weighted by Gasteiger charge is 2.02. The van der Waals surface area contributed by atoms with Gasteiger partial charge in [-0.25, -0.2) is 4.39 Å². The summed E-state index contributed by atoms with van der Waals surface area (Å²) < 4.78 is 24.1. The van der Waals surface area contributed by atoms with E-state index in [1.54, 1.807) is 18.2 Å². The molecule has 13 heavy (non-hydrogen) atoms. The zero-order valence-corrected chi connectivity index (χ0v) is 8.44. The quantitative estimate of drug-likeness (QED) is 0.727. The van der Waals surface area contributed by atoms with Crippen molar-refractivity contribution >= 4 is 10.8 Å². The van der Waals surface area contributed by atoms with Crippen LogP contribution in [0.15, 0.2) is 24.3 Å². The minimum Gasteiger partial charge on any atom is -0.260 e. The van der Waals surface area contributed by atoms with Gasteiger partial charge in [0.25, 0.3) is 0 Å². The Morgan fingerprint density at radius 3 is 2.69 bits per heavy atom. The summed E-state index contributed by atoms with van der Waals surface area (Å²) in [6, 6.07) is 6.63. The number of benzene rings is 1. The fraction of sp³-hybridized carbons (Fsp3) is 0.400. The Kier molecular flexibility index (Phi) is 4.09. The fourth-order valence-electron chi connectivity index (χ4n) is 1.07. The van der Waals surface area contributed by atoms with E-state index in [2.05, 4.69) is 0 Å². The third-order valence-electron chi connectivity index (χ3n) is 1.88. The van der Waals surface area contributed by atoms with Crippen LogP contribution in [0.25, 0.3) is 0 Å². The van der Waals surface area contributed by atoms with E-state index in [-0.39, 0.29) is 5.82 Å². The van der Waals surface area contributed by atoms with Crippen molar-refractivity contribution < 1.29 is 8.60 Å². The van der Waals surface area contributed by atoms with Gasteiger partial charge in [0.05, 0.1) is 0 Å². The maximum Gasteiger partial charge on any atom is 0.126 e. The molecule has 0 fully saturated rings. The highest BCUT2D eigenvalue weighted by atomic mass is 32.2. The summed E-state index contributed by atoms with van der Waals surface area (Å²) in [6.45, 7) is 1.87. The zero-order chi connectivity index (χ0) is 9.68. The Hall–Kier alpha value is -0.700. The molecular formula is C10H13FOS. The smallest absolute Gasteiger partial charge is 0.126 e. The topological polar surface area (TPSA) is 17.1 Å². The van der Waals surface area contributed by atoms with E-state index in [4.69, 9.17) is 0 Å². The molecule has 0 bridgehead atoms. The summed E-state index contributed by atoms with van der Waals surface area (Å²) in [5, 5.41) is 0. The lowest BCUT2D eigenvalue weighted by Crippen LogP contribution is -2.04. The second-order valence-electron chi connectivity index (χ2n) is 2.77. The van der Waals surface area contributed by atoms with E-state index in [9.17, 15) is 8.60 Å². The third kappa shape index (κ3) is 3.27. The second kappa shape index (κ2) is 5.12. The first-order valence-corrected chi connectivity index (χ1v) is 5.81. The van der Waals surface area contributed by atoms with Gasteiger partial charge in [0.15, 0.2) is 0 Å². The summed E-state index contributed by atoms with van der Waals surface area (Å²) in [7, 11) is -0.802. The van der Waals surface area contributed by atoms with Crippen LogP contribution >= 0.6 is 0 Å². The Morgan fingerprint density at radius 2 is 2.08 bits per heavy atom. The lowest BCUT2D eigenvalue weighted by molar-refractivity contribution is 0.612. The van der Waals surface area contributed by atoms with Gasteiger partial charge in [0.2, 0.25) is 0 Å². The number of hydrogen-bond acceptors (Lipinski definition) is 1. The van der Waals surface area contributed by atoms with Gasteiger partial charge >= 0.3 is 0 Å². The van der Waals surface area contributed by atoms with Crippen molar-refractivity contribution in [2.75, 3.05) is 11.5 Å². The number of rotatable bonds is 4. The summed E-state index contributed by atoms with van der Waals surface area (Å²) in [4.78, 5) is 0. The van der Waals surface area contributed by atoms with Crippen molar-refractivity contribution in [3.63, 3.8) is 0 Å². The van der Waals surface area contributed by atoms with Crippen molar-refractivity contribution in [3.05, 3.63) is 35.6 Å². The van der Waals surface area contributed by atoms with Gasteiger partial charge in [-0.3, -0.25) is 4.21 Å². The predicted molar refractivity (Wildman–Crippen MR) is 53.7 cm³/mol. The van der Waals surface area contributed by atoms with E-state index < -0.39 is 10.8 Å². The van der Waals surface area contributed by atoms with Gasteiger partial charge in [-0.05, 0) is 18.1 Å². The average molecular weight is 200 g/mol. The van der Waals surface area contributed by atoms with Gasteiger partial charge in [0, 0.05) is 22.3 Å². The Bertz CT molecular complexity index is 299. The summed E-state index contributed by atoms with van der Waals surface area (Å²) in [5.41, 5.74) is 0.657. The minimum absolute atomic E-state index is 0.199. The van der Waals surface area contributed by atoms with Crippen LogP contribution < -0.4 is 0 Å². The summed E-state index contributed by atoms with van der Waals surface area (Å²) in [6.07, 6.45) is 0.563. The number of aryl methyl sites for hydroxylation is 1. The molecule has 1 aromatic rings. The molecule has 1 rings (SSSR count). The van der Waals surface area contributed by atoms with Crippen LogP contribution in [0.5, 0.6) is 0 Å². The van der Waals surface area contributed by atoms with Gasteiger partial charge in [-0.1, -0.05) is 25.1 Å². The monoisotopic (exact) mass is 200 g/mol. The molecule has 0 amide bonds. The molecule has 0 heterocycles. The fourth-order valence-corrected chi connectivity index (χ4v) is 1.81. The Labute approximate surface area is 80.4 Å². The summed E-state index contributed by atoms with van der Waals surface area (Å²) in [5.74, 6) is 1.00. The summed E-state index contributed by atoms with van der Waals surface area (Å²) >= 11 is 0. The standard InChI is InChI=1S/C10H13FOS/c1-2-13(12)8-7-9-5-3-4-6-10(9)11/h3-6H,2,7-8H2,1H3. The van der Waals surface area contributed by atoms with Gasteiger partial charge in [-0.2, -0.15) is 0 Å². The van der Waals surface area contributed by atoms with E-state index in [0.717, 1.165) is 0 Å². The molecule has 1 aromatic carbocycles. The molecule has 0 N–H and O–H groups in total. The largest absolute Gasteiger partial charge is 0.260 e. The van der Waals surface area contributed by atoms with Crippen molar-refractivity contribution in [2.45, 2.75) is 13.3 Å². The first-order chi connectivity index (χ1) is 6.24. The second-order valence-corrected chi connectivity index (χ2v) is 4.64. The van der Waals surface area contributed by atoms with Crippen LogP contribution in [0.3, 0.4) is 0 Å². The lowest BCUT2D eigenvalue weighted by atomic mass is 10.2. The number of halogens is 1. The molecule has 0 spiro atoms. The Morgan fingerprint density at radius 1 is 1.38 bits per heavy atom. The van der Waals surface area contributed by atoms with Crippen LogP contribution in [0, 0.1) is 5.82 Å². The average Bonchev–Trinajstić information content (AvgIpc) is 2.16. The van der Waals surface area contributed by atoms with Gasteiger partial charge in [-0.15, -0.1) is 0 Å². The van der Waals surface area contributed by atoms with Crippen molar-refractivity contribution in [1.29, 1.82) is 0 Å². The molecular weight excluding hydrogens is 187 g/mol. The Balaban J connectivity index is 2.54. The SMILES string of the molecule is CCS(=O)CCc1ccccc1F. The molecule has 0 saturated carbocycles. The maximum atomic E-state index is 13.0. The zero-order valence-electron chi connectivity index (χ0n) is 7.63. The minimum atomic E-state index is -0.802. The van der Waals surface area contributed by atoms with Crippen molar-refractivity contribution in [1.82, 2.24) is 0 Å². The molecule has 0 aliphatic carbocycles. The molecule has 0 aliphatic rings. The van der Waals surface area contributed by atoms with Crippen LogP contribution in [0.2, 0.25) is 0 Å². The molecule has 0 radical (unpaired) electrons. The van der Waals surface area contributed by atoms with Gasteiger partial charge < -0.3 is 0 Å². The van der Waals surface area contributed by atoms with E-state index in [0.29, 0.717) is 23.5 Å². The molecule has 72 valence electrons. The van der Waals surface area contributed by atoms with Gasteiger partial charge in [0.1, 0.15) is 5.82 Å². The maximum absolute atomic E-state index is 13.0. The predicted octanol–water partition coefficient (Wildman–Crippen LogP) is 2.14. The molecule has 1 unspecified atom stereocenters. The van der Waals surface area contributed by atoms with Crippen LogP contribution in [-0.2, 0) is 17.2 Å². The normalized spacial score (nSPS) is 12.8. The van der Waals surface area contributed by atoms with Crippen molar-refractivity contribution in [3.8, 4) is 0 Å². The molecule has 3 heteroatoms.